The molecule has 132 valence electrons. The van der Waals surface area contributed by atoms with Crippen LogP contribution < -0.4 is 4.74 Å². The van der Waals surface area contributed by atoms with Crippen LogP contribution in [0, 0.1) is 5.92 Å². The first-order valence-corrected chi connectivity index (χ1v) is 8.66. The Hall–Kier alpha value is -1.68. The van der Waals surface area contributed by atoms with E-state index >= 15 is 0 Å². The van der Waals surface area contributed by atoms with E-state index in [-0.39, 0.29) is 6.09 Å². The molecule has 4 nitrogen and oxygen atoms in total. The van der Waals surface area contributed by atoms with Gasteiger partial charge >= 0.3 is 6.09 Å². The Labute approximate surface area is 149 Å². The Morgan fingerprint density at radius 1 is 1.29 bits per heavy atom. The van der Waals surface area contributed by atoms with Crippen LogP contribution in [-0.2, 0) is 4.74 Å². The minimum atomic E-state index is -0.450. The maximum absolute atomic E-state index is 12.1. The van der Waals surface area contributed by atoms with Crippen LogP contribution in [0.1, 0.15) is 39.2 Å². The van der Waals surface area contributed by atoms with Gasteiger partial charge in [-0.3, -0.25) is 0 Å². The molecule has 1 amide bonds. The van der Waals surface area contributed by atoms with Gasteiger partial charge in [0.2, 0.25) is 0 Å². The number of hydrogen-bond acceptors (Lipinski definition) is 3. The van der Waals surface area contributed by atoms with Gasteiger partial charge in [-0.25, -0.2) is 4.79 Å². The lowest BCUT2D eigenvalue weighted by molar-refractivity contribution is 0.0197. The van der Waals surface area contributed by atoms with Crippen LogP contribution in [0.5, 0.6) is 5.75 Å². The Bertz CT molecular complexity index is 599. The number of allylic oxidation sites excluding steroid dienone is 1. The second-order valence-electron chi connectivity index (χ2n) is 7.02. The fourth-order valence-electron chi connectivity index (χ4n) is 2.69. The van der Waals surface area contributed by atoms with Gasteiger partial charge in [0.05, 0.1) is 12.1 Å². The Morgan fingerprint density at radius 3 is 2.54 bits per heavy atom. The zero-order valence-corrected chi connectivity index (χ0v) is 15.6. The Kier molecular flexibility index (Phi) is 6.16. The highest BCUT2D eigenvalue weighted by Gasteiger charge is 2.25. The SMILES string of the molecule is COc1cccc(Cl)c1/C=C/C1CCN(C(=O)OC(C)(C)C)CC1. The second kappa shape index (κ2) is 7.93. The summed E-state index contributed by atoms with van der Waals surface area (Å²) in [6.07, 6.45) is 5.80. The summed E-state index contributed by atoms with van der Waals surface area (Å²) in [5.41, 5.74) is 0.449. The first kappa shape index (κ1) is 18.7. The number of halogens is 1. The lowest BCUT2D eigenvalue weighted by Crippen LogP contribution is -2.41. The zero-order chi connectivity index (χ0) is 17.7. The van der Waals surface area contributed by atoms with Gasteiger partial charge in [-0.1, -0.05) is 29.8 Å². The molecule has 0 radical (unpaired) electrons. The van der Waals surface area contributed by atoms with Gasteiger partial charge < -0.3 is 14.4 Å². The smallest absolute Gasteiger partial charge is 0.410 e. The molecule has 1 aromatic carbocycles. The number of nitrogens with zero attached hydrogens (tertiary/aromatic N) is 1. The predicted octanol–water partition coefficient (Wildman–Crippen LogP) is 5.01. The monoisotopic (exact) mass is 351 g/mol. The van der Waals surface area contributed by atoms with Crippen molar-refractivity contribution in [3.05, 3.63) is 34.9 Å². The van der Waals surface area contributed by atoms with Crippen molar-refractivity contribution in [2.45, 2.75) is 39.2 Å². The molecule has 1 heterocycles. The molecular formula is C19H26ClNO3. The summed E-state index contributed by atoms with van der Waals surface area (Å²) in [5.74, 6) is 1.19. The van der Waals surface area contributed by atoms with Gasteiger partial charge in [0.1, 0.15) is 11.4 Å². The van der Waals surface area contributed by atoms with Crippen molar-refractivity contribution < 1.29 is 14.3 Å². The third kappa shape index (κ3) is 5.17. The number of carbonyl (C=O) groups is 1. The first-order chi connectivity index (χ1) is 11.3. The van der Waals surface area contributed by atoms with E-state index in [2.05, 4.69) is 6.08 Å². The third-order valence-corrected chi connectivity index (χ3v) is 4.29. The van der Waals surface area contributed by atoms with E-state index < -0.39 is 5.60 Å². The molecule has 0 unspecified atom stereocenters. The molecule has 0 spiro atoms. The number of rotatable bonds is 3. The number of likely N-dealkylation sites (tertiary alicyclic amines) is 1. The van der Waals surface area contributed by atoms with Crippen molar-refractivity contribution in [3.63, 3.8) is 0 Å². The van der Waals surface area contributed by atoms with Crippen molar-refractivity contribution in [3.8, 4) is 5.75 Å². The van der Waals surface area contributed by atoms with Crippen molar-refractivity contribution >= 4 is 23.8 Å². The lowest BCUT2D eigenvalue weighted by atomic mass is 9.95. The summed E-state index contributed by atoms with van der Waals surface area (Å²) < 4.78 is 10.8. The highest BCUT2D eigenvalue weighted by molar-refractivity contribution is 6.32. The predicted molar refractivity (Wildman–Crippen MR) is 97.6 cm³/mol. The molecule has 24 heavy (non-hydrogen) atoms. The first-order valence-electron chi connectivity index (χ1n) is 8.29. The summed E-state index contributed by atoms with van der Waals surface area (Å²) in [4.78, 5) is 13.9. The topological polar surface area (TPSA) is 38.8 Å². The molecule has 1 aliphatic heterocycles. The Balaban J connectivity index is 1.93. The molecule has 2 rings (SSSR count). The van der Waals surface area contributed by atoms with Gasteiger partial charge in [0.15, 0.2) is 0 Å². The zero-order valence-electron chi connectivity index (χ0n) is 14.8. The molecule has 0 bridgehead atoms. The number of benzene rings is 1. The van der Waals surface area contributed by atoms with Crippen LogP contribution in [0.4, 0.5) is 4.79 Å². The summed E-state index contributed by atoms with van der Waals surface area (Å²) in [6, 6.07) is 5.63. The van der Waals surface area contributed by atoms with Crippen molar-refractivity contribution in [2.24, 2.45) is 5.92 Å². The van der Waals surface area contributed by atoms with E-state index in [9.17, 15) is 4.79 Å². The molecule has 1 fully saturated rings. The average Bonchev–Trinajstić information content (AvgIpc) is 2.52. The molecule has 1 saturated heterocycles. The number of ether oxygens (including phenoxy) is 2. The van der Waals surface area contributed by atoms with Crippen molar-refractivity contribution in [1.82, 2.24) is 4.90 Å². The van der Waals surface area contributed by atoms with Crippen LogP contribution in [0.25, 0.3) is 6.08 Å². The van der Waals surface area contributed by atoms with Crippen LogP contribution in [0.15, 0.2) is 24.3 Å². The summed E-state index contributed by atoms with van der Waals surface area (Å²) in [6.45, 7) is 7.08. The van der Waals surface area contributed by atoms with Gasteiger partial charge in [-0.2, -0.15) is 0 Å². The minimum absolute atomic E-state index is 0.224. The van der Waals surface area contributed by atoms with E-state index in [0.717, 1.165) is 24.2 Å². The summed E-state index contributed by atoms with van der Waals surface area (Å²) >= 11 is 6.25. The summed E-state index contributed by atoms with van der Waals surface area (Å²) in [7, 11) is 1.64. The molecular weight excluding hydrogens is 326 g/mol. The van der Waals surface area contributed by atoms with Gasteiger partial charge in [-0.15, -0.1) is 0 Å². The number of amides is 1. The van der Waals surface area contributed by atoms with Gasteiger partial charge in [0, 0.05) is 18.7 Å². The maximum Gasteiger partial charge on any atom is 0.410 e. The number of hydrogen-bond donors (Lipinski definition) is 0. The van der Waals surface area contributed by atoms with Crippen LogP contribution in [0.2, 0.25) is 5.02 Å². The van der Waals surface area contributed by atoms with E-state index in [1.807, 2.05) is 45.0 Å². The van der Waals surface area contributed by atoms with Gasteiger partial charge in [-0.05, 0) is 51.7 Å². The molecule has 0 saturated carbocycles. The molecule has 0 aromatic heterocycles. The van der Waals surface area contributed by atoms with E-state index in [1.54, 1.807) is 12.0 Å². The van der Waals surface area contributed by atoms with Crippen molar-refractivity contribution in [1.29, 1.82) is 0 Å². The summed E-state index contributed by atoms with van der Waals surface area (Å²) in [5, 5.41) is 0.678. The molecule has 0 atom stereocenters. The molecule has 0 N–H and O–H groups in total. The van der Waals surface area contributed by atoms with Crippen LogP contribution in [-0.4, -0.2) is 36.8 Å². The molecule has 1 aromatic rings. The standard InChI is InChI=1S/C19H26ClNO3/c1-19(2,3)24-18(22)21-12-10-14(11-13-21)8-9-15-16(20)6-5-7-17(15)23-4/h5-9,14H,10-13H2,1-4H3/b9-8+. The van der Waals surface area contributed by atoms with E-state index in [1.165, 1.54) is 0 Å². The quantitative estimate of drug-likeness (QED) is 0.768. The molecule has 5 heteroatoms. The van der Waals surface area contributed by atoms with Gasteiger partial charge in [0.25, 0.3) is 0 Å². The maximum atomic E-state index is 12.1. The van der Waals surface area contributed by atoms with Crippen LogP contribution >= 0.6 is 11.6 Å². The fourth-order valence-corrected chi connectivity index (χ4v) is 2.92. The largest absolute Gasteiger partial charge is 0.496 e. The fraction of sp³-hybridized carbons (Fsp3) is 0.526. The second-order valence-corrected chi connectivity index (χ2v) is 7.43. The average molecular weight is 352 g/mol. The number of carbonyl (C=O) groups excluding carboxylic acids is 1. The highest BCUT2D eigenvalue weighted by Crippen LogP contribution is 2.29. The molecule has 1 aliphatic rings. The van der Waals surface area contributed by atoms with Crippen molar-refractivity contribution in [2.75, 3.05) is 20.2 Å². The number of methoxy groups -OCH3 is 1. The van der Waals surface area contributed by atoms with E-state index in [4.69, 9.17) is 21.1 Å². The third-order valence-electron chi connectivity index (χ3n) is 3.96. The highest BCUT2D eigenvalue weighted by atomic mass is 35.5. The van der Waals surface area contributed by atoms with Crippen LogP contribution in [0.3, 0.4) is 0 Å². The molecule has 0 aliphatic carbocycles. The lowest BCUT2D eigenvalue weighted by Gasteiger charge is -2.32. The number of piperidine rings is 1. The van der Waals surface area contributed by atoms with E-state index in [0.29, 0.717) is 24.0 Å². The Morgan fingerprint density at radius 2 is 1.96 bits per heavy atom. The normalized spacial score (nSPS) is 16.5. The minimum Gasteiger partial charge on any atom is -0.496 e.